The second-order valence-corrected chi connectivity index (χ2v) is 16.0. The normalized spacial score (nSPS) is 13.1. The van der Waals surface area contributed by atoms with Crippen molar-refractivity contribution in [2.75, 3.05) is 4.90 Å². The van der Waals surface area contributed by atoms with E-state index >= 15 is 0 Å². The highest BCUT2D eigenvalue weighted by molar-refractivity contribution is 6.27. The lowest BCUT2D eigenvalue weighted by Gasteiger charge is -2.31. The van der Waals surface area contributed by atoms with Gasteiger partial charge in [-0.1, -0.05) is 166 Å². The van der Waals surface area contributed by atoms with Gasteiger partial charge in [0, 0.05) is 60.2 Å². The lowest BCUT2D eigenvalue weighted by atomic mass is 9.82. The Morgan fingerprint density at radius 1 is 0.397 bits per heavy atom. The lowest BCUT2D eigenvalue weighted by Crippen LogP contribution is -2.17. The molecular weight excluding hydrogens is 707 g/mol. The second-order valence-electron chi connectivity index (χ2n) is 16.0. The van der Waals surface area contributed by atoms with Crippen LogP contribution in [0, 0.1) is 0 Å². The molecule has 0 radical (unpaired) electrons. The highest BCUT2D eigenvalue weighted by atomic mass is 16.3. The first kappa shape index (κ1) is 32.8. The minimum atomic E-state index is -0.169. The third-order valence-electron chi connectivity index (χ3n) is 12.5. The van der Waals surface area contributed by atoms with Gasteiger partial charge in [0.2, 0.25) is 0 Å². The number of para-hydroxylation sites is 3. The molecule has 0 N–H and O–H groups in total. The maximum atomic E-state index is 6.79. The Morgan fingerprint density at radius 3 is 1.78 bits per heavy atom. The van der Waals surface area contributed by atoms with Gasteiger partial charge in [-0.2, -0.15) is 0 Å². The third-order valence-corrected chi connectivity index (χ3v) is 12.5. The Labute approximate surface area is 336 Å². The Balaban J connectivity index is 1.16. The topological polar surface area (TPSA) is 29.5 Å². The van der Waals surface area contributed by atoms with Gasteiger partial charge in [-0.3, -0.25) is 0 Å². The maximum Gasteiger partial charge on any atom is 0.144 e. The van der Waals surface area contributed by atoms with Crippen LogP contribution in [0.15, 0.2) is 197 Å². The van der Waals surface area contributed by atoms with Gasteiger partial charge in [-0.25, -0.2) is 0 Å². The smallest absolute Gasteiger partial charge is 0.144 e. The molecule has 3 nitrogen and oxygen atoms in total. The van der Waals surface area contributed by atoms with Gasteiger partial charge in [0.05, 0.1) is 5.69 Å². The molecule has 2 aromatic heterocycles. The zero-order valence-electron chi connectivity index (χ0n) is 32.2. The van der Waals surface area contributed by atoms with Gasteiger partial charge in [0.25, 0.3) is 0 Å². The molecular formula is C55H37NO2. The zero-order chi connectivity index (χ0) is 38.5. The van der Waals surface area contributed by atoms with Gasteiger partial charge in [-0.05, 0) is 69.8 Å². The Bertz CT molecular complexity index is 3420. The van der Waals surface area contributed by atoms with E-state index in [-0.39, 0.29) is 5.41 Å². The summed E-state index contributed by atoms with van der Waals surface area (Å²) in [5.41, 5.74) is 16.4. The number of hydrogen-bond acceptors (Lipinski definition) is 3. The summed E-state index contributed by atoms with van der Waals surface area (Å²) in [5.74, 6) is 0. The van der Waals surface area contributed by atoms with Crippen molar-refractivity contribution in [1.82, 2.24) is 0 Å². The number of benzene rings is 9. The van der Waals surface area contributed by atoms with Crippen LogP contribution in [0.1, 0.15) is 25.0 Å². The minimum Gasteiger partial charge on any atom is -0.455 e. The number of fused-ring (bicyclic) bond motifs is 11. The average molecular weight is 744 g/mol. The van der Waals surface area contributed by atoms with Crippen molar-refractivity contribution in [3.63, 3.8) is 0 Å². The van der Waals surface area contributed by atoms with Gasteiger partial charge in [0.15, 0.2) is 0 Å². The zero-order valence-corrected chi connectivity index (χ0v) is 32.2. The molecule has 0 spiro atoms. The highest BCUT2D eigenvalue weighted by Crippen LogP contribution is 2.54. The van der Waals surface area contributed by atoms with Crippen molar-refractivity contribution in [3.05, 3.63) is 199 Å². The summed E-state index contributed by atoms with van der Waals surface area (Å²) in [7, 11) is 0. The van der Waals surface area contributed by atoms with Crippen molar-refractivity contribution in [2.24, 2.45) is 0 Å². The average Bonchev–Trinajstić information content (AvgIpc) is 3.93. The van der Waals surface area contributed by atoms with Crippen LogP contribution >= 0.6 is 0 Å². The summed E-state index contributed by atoms with van der Waals surface area (Å²) < 4.78 is 13.3. The number of anilines is 3. The maximum absolute atomic E-state index is 6.79. The number of hydrogen-bond donors (Lipinski definition) is 0. The van der Waals surface area contributed by atoms with Crippen LogP contribution in [0.2, 0.25) is 0 Å². The van der Waals surface area contributed by atoms with Gasteiger partial charge in [0.1, 0.15) is 22.3 Å². The fourth-order valence-electron chi connectivity index (χ4n) is 9.75. The van der Waals surface area contributed by atoms with E-state index in [1.54, 1.807) is 0 Å². The Morgan fingerprint density at radius 2 is 0.966 bits per heavy atom. The predicted molar refractivity (Wildman–Crippen MR) is 242 cm³/mol. The number of rotatable bonds is 5. The molecule has 0 saturated heterocycles. The number of furan rings is 2. The van der Waals surface area contributed by atoms with Crippen LogP contribution in [0.5, 0.6) is 0 Å². The molecule has 12 rings (SSSR count). The van der Waals surface area contributed by atoms with E-state index in [9.17, 15) is 0 Å². The van der Waals surface area contributed by atoms with Gasteiger partial charge >= 0.3 is 0 Å². The van der Waals surface area contributed by atoms with Crippen LogP contribution < -0.4 is 4.90 Å². The molecule has 0 saturated carbocycles. The molecule has 1 aliphatic rings. The van der Waals surface area contributed by atoms with Crippen LogP contribution in [0.25, 0.3) is 88.0 Å². The molecule has 58 heavy (non-hydrogen) atoms. The van der Waals surface area contributed by atoms with Crippen molar-refractivity contribution >= 4 is 71.7 Å². The Hall–Kier alpha value is -7.36. The van der Waals surface area contributed by atoms with Crippen LogP contribution in [-0.4, -0.2) is 0 Å². The van der Waals surface area contributed by atoms with E-state index in [2.05, 4.69) is 195 Å². The summed E-state index contributed by atoms with van der Waals surface area (Å²) in [6, 6.07) is 67.7. The van der Waals surface area contributed by atoms with Crippen LogP contribution in [0.4, 0.5) is 17.1 Å². The summed E-state index contributed by atoms with van der Waals surface area (Å²) >= 11 is 0. The molecule has 1 aliphatic carbocycles. The molecule has 0 aliphatic heterocycles. The predicted octanol–water partition coefficient (Wildman–Crippen LogP) is 15.7. The molecule has 0 unspecified atom stereocenters. The van der Waals surface area contributed by atoms with Gasteiger partial charge < -0.3 is 13.7 Å². The molecule has 274 valence electrons. The van der Waals surface area contributed by atoms with Crippen LogP contribution in [-0.2, 0) is 5.41 Å². The van der Waals surface area contributed by atoms with Crippen molar-refractivity contribution in [1.29, 1.82) is 0 Å². The monoisotopic (exact) mass is 743 g/mol. The van der Waals surface area contributed by atoms with E-state index in [4.69, 9.17) is 8.83 Å². The molecule has 0 fully saturated rings. The van der Waals surface area contributed by atoms with E-state index in [1.165, 1.54) is 22.3 Å². The minimum absolute atomic E-state index is 0.169. The number of nitrogens with zero attached hydrogens (tertiary/aromatic N) is 1. The first-order valence-corrected chi connectivity index (χ1v) is 20.0. The van der Waals surface area contributed by atoms with Gasteiger partial charge in [-0.15, -0.1) is 0 Å². The first-order valence-electron chi connectivity index (χ1n) is 20.0. The van der Waals surface area contributed by atoms with E-state index in [1.807, 2.05) is 12.1 Å². The van der Waals surface area contributed by atoms with Crippen LogP contribution in [0.3, 0.4) is 0 Å². The molecule has 0 bridgehead atoms. The van der Waals surface area contributed by atoms with E-state index in [0.29, 0.717) is 0 Å². The SMILES string of the molecule is CC1(C)c2ccccc2-c2ccc(N(c3ccc(-c4cccc5c4oc4ccccc45)cc3)c3c(-c4ccccc4)c4c5ccccc5oc4c4ccccc34)cc21. The molecule has 2 heterocycles. The fourth-order valence-corrected chi connectivity index (χ4v) is 9.75. The molecule has 9 aromatic carbocycles. The van der Waals surface area contributed by atoms with Crippen molar-refractivity contribution in [3.8, 4) is 33.4 Å². The molecule has 0 amide bonds. The summed E-state index contributed by atoms with van der Waals surface area (Å²) in [5, 5.41) is 6.67. The first-order chi connectivity index (χ1) is 28.5. The third kappa shape index (κ3) is 4.68. The quantitative estimate of drug-likeness (QED) is 0.176. The fraction of sp³-hybridized carbons (Fsp3) is 0.0545. The Kier molecular flexibility index (Phi) is 6.98. The van der Waals surface area contributed by atoms with Crippen molar-refractivity contribution < 1.29 is 8.83 Å². The summed E-state index contributed by atoms with van der Waals surface area (Å²) in [6.45, 7) is 4.71. The molecule has 0 atom stereocenters. The highest BCUT2D eigenvalue weighted by Gasteiger charge is 2.36. The largest absolute Gasteiger partial charge is 0.455 e. The molecule has 3 heteroatoms. The summed E-state index contributed by atoms with van der Waals surface area (Å²) in [6.07, 6.45) is 0. The molecule has 11 aromatic rings. The summed E-state index contributed by atoms with van der Waals surface area (Å²) in [4.78, 5) is 2.48. The van der Waals surface area contributed by atoms with E-state index in [0.717, 1.165) is 94.0 Å². The second kappa shape index (κ2) is 12.3. The standard InChI is InChI=1S/C55H37NO2/c1-55(2)46-24-11-8-17-39(46)40-32-31-37(33-47(40)55)56(36-29-27-34(28-30-36)38-22-14-23-43-41-18-9-12-25-48(41)57-53(38)43)52-42-19-6-7-20-44(42)54-51(45-21-10-13-26-49(45)58-54)50(52)35-15-4-3-5-16-35/h3-33H,1-2H3. The van der Waals surface area contributed by atoms with Crippen molar-refractivity contribution in [2.45, 2.75) is 19.3 Å². The van der Waals surface area contributed by atoms with E-state index < -0.39 is 0 Å². The lowest BCUT2D eigenvalue weighted by molar-refractivity contribution is 0.660.